The summed E-state index contributed by atoms with van der Waals surface area (Å²) in [6.07, 6.45) is 4.66. The average molecular weight is 328 g/mol. The fourth-order valence-electron chi connectivity index (χ4n) is 2.54. The van der Waals surface area contributed by atoms with Gasteiger partial charge in [0, 0.05) is 16.9 Å². The molecule has 1 saturated carbocycles. The molecule has 2 nitrogen and oxygen atoms in total. The van der Waals surface area contributed by atoms with Crippen LogP contribution in [0.4, 0.5) is 4.39 Å². The Kier molecular flexibility index (Phi) is 4.97. The van der Waals surface area contributed by atoms with Crippen LogP contribution >= 0.6 is 15.9 Å². The van der Waals surface area contributed by atoms with Crippen molar-refractivity contribution >= 4 is 21.8 Å². The molecule has 1 aliphatic rings. The molecule has 0 atom stereocenters. The van der Waals surface area contributed by atoms with Crippen LogP contribution in [0.15, 0.2) is 18.2 Å². The molecule has 19 heavy (non-hydrogen) atoms. The van der Waals surface area contributed by atoms with Crippen molar-refractivity contribution in [2.24, 2.45) is 5.92 Å². The van der Waals surface area contributed by atoms with Gasteiger partial charge < -0.3 is 5.32 Å². The Bertz CT molecular complexity index is 455. The van der Waals surface area contributed by atoms with Crippen molar-refractivity contribution in [2.75, 3.05) is 6.54 Å². The molecule has 1 aromatic carbocycles. The van der Waals surface area contributed by atoms with Crippen molar-refractivity contribution in [3.63, 3.8) is 0 Å². The van der Waals surface area contributed by atoms with Gasteiger partial charge in [0.1, 0.15) is 5.82 Å². The molecule has 1 fully saturated rings. The Hall–Kier alpha value is -0.900. The summed E-state index contributed by atoms with van der Waals surface area (Å²) in [4.78, 5) is 12.7. The summed E-state index contributed by atoms with van der Waals surface area (Å²) in [6, 6.07) is 4.28. The third kappa shape index (κ3) is 4.03. The highest BCUT2D eigenvalue weighted by molar-refractivity contribution is 9.09. The number of carbonyl (C=O) groups is 1. The zero-order valence-electron chi connectivity index (χ0n) is 11.1. The summed E-state index contributed by atoms with van der Waals surface area (Å²) in [5, 5.41) is 2.97. The van der Waals surface area contributed by atoms with E-state index in [0.717, 1.165) is 19.4 Å². The van der Waals surface area contributed by atoms with Crippen LogP contribution in [-0.2, 0) is 0 Å². The van der Waals surface area contributed by atoms with E-state index in [1.165, 1.54) is 25.0 Å². The Labute approximate surface area is 121 Å². The lowest BCUT2D eigenvalue weighted by molar-refractivity contribution is 0.0943. The quantitative estimate of drug-likeness (QED) is 0.840. The molecule has 1 amide bonds. The molecule has 0 radical (unpaired) electrons. The van der Waals surface area contributed by atoms with Crippen molar-refractivity contribution in [1.82, 2.24) is 5.32 Å². The maximum absolute atomic E-state index is 13.0. The molecule has 104 valence electrons. The predicted molar refractivity (Wildman–Crippen MR) is 78.1 cm³/mol. The minimum atomic E-state index is -0.301. The van der Waals surface area contributed by atoms with E-state index in [1.807, 2.05) is 0 Å². The predicted octanol–water partition coefficient (Wildman–Crippen LogP) is 3.82. The van der Waals surface area contributed by atoms with E-state index in [2.05, 4.69) is 21.2 Å². The molecule has 0 heterocycles. The van der Waals surface area contributed by atoms with E-state index < -0.39 is 0 Å². The first-order chi connectivity index (χ1) is 9.06. The first kappa shape index (κ1) is 14.5. The Morgan fingerprint density at radius 2 is 2.05 bits per heavy atom. The van der Waals surface area contributed by atoms with Crippen LogP contribution in [0.25, 0.3) is 0 Å². The van der Waals surface area contributed by atoms with Gasteiger partial charge in [-0.1, -0.05) is 15.9 Å². The monoisotopic (exact) mass is 327 g/mol. The fraction of sp³-hybridized carbons (Fsp3) is 0.533. The van der Waals surface area contributed by atoms with E-state index in [4.69, 9.17) is 0 Å². The molecule has 0 aromatic heterocycles. The van der Waals surface area contributed by atoms with Crippen LogP contribution in [0.3, 0.4) is 0 Å². The lowest BCUT2D eigenvalue weighted by Crippen LogP contribution is -2.31. The molecular weight excluding hydrogens is 309 g/mol. The average Bonchev–Trinajstić information content (AvgIpc) is 2.37. The second-order valence-corrected chi connectivity index (χ2v) is 6.58. The third-order valence-electron chi connectivity index (χ3n) is 3.76. The van der Waals surface area contributed by atoms with Gasteiger partial charge in [-0.3, -0.25) is 4.79 Å². The zero-order chi connectivity index (χ0) is 13.8. The van der Waals surface area contributed by atoms with Crippen molar-refractivity contribution in [3.8, 4) is 0 Å². The number of hydrogen-bond acceptors (Lipinski definition) is 1. The molecule has 2 rings (SSSR count). The molecule has 1 aliphatic carbocycles. The molecule has 1 aromatic rings. The van der Waals surface area contributed by atoms with Gasteiger partial charge in [-0.2, -0.15) is 0 Å². The van der Waals surface area contributed by atoms with E-state index >= 15 is 0 Å². The summed E-state index contributed by atoms with van der Waals surface area (Å²) in [5.41, 5.74) is 1.25. The van der Waals surface area contributed by atoms with Crippen LogP contribution in [0.1, 0.15) is 41.6 Å². The molecule has 4 heteroatoms. The molecule has 0 aliphatic heterocycles. The third-order valence-corrected chi connectivity index (χ3v) is 4.68. The van der Waals surface area contributed by atoms with Gasteiger partial charge in [-0.25, -0.2) is 4.39 Å². The lowest BCUT2D eigenvalue weighted by Gasteiger charge is -2.25. The summed E-state index contributed by atoms with van der Waals surface area (Å²) < 4.78 is 13.0. The Balaban J connectivity index is 1.87. The number of aryl methyl sites for hydroxylation is 1. The van der Waals surface area contributed by atoms with Gasteiger partial charge >= 0.3 is 0 Å². The van der Waals surface area contributed by atoms with Crippen molar-refractivity contribution in [1.29, 1.82) is 0 Å². The van der Waals surface area contributed by atoms with Crippen LogP contribution < -0.4 is 5.32 Å². The van der Waals surface area contributed by atoms with E-state index in [-0.39, 0.29) is 11.7 Å². The minimum absolute atomic E-state index is 0.0986. The van der Waals surface area contributed by atoms with Gasteiger partial charge in [-0.15, -0.1) is 0 Å². The van der Waals surface area contributed by atoms with Crippen molar-refractivity contribution in [3.05, 3.63) is 35.1 Å². The van der Waals surface area contributed by atoms with Crippen molar-refractivity contribution in [2.45, 2.75) is 37.4 Å². The highest BCUT2D eigenvalue weighted by Gasteiger charge is 2.20. The minimum Gasteiger partial charge on any atom is -0.352 e. The second kappa shape index (κ2) is 6.51. The normalized spacial score (nSPS) is 23.1. The standard InChI is InChI=1S/C15H19BrFNO/c1-10-8-13(17)6-7-14(10)15(19)18-9-11-2-4-12(16)5-3-11/h6-8,11-12H,2-5,9H2,1H3,(H,18,19). The number of benzene rings is 1. The van der Waals surface area contributed by atoms with E-state index in [0.29, 0.717) is 21.9 Å². The number of hydrogen-bond donors (Lipinski definition) is 1. The first-order valence-electron chi connectivity index (χ1n) is 6.74. The summed E-state index contributed by atoms with van der Waals surface area (Å²) in [7, 11) is 0. The van der Waals surface area contributed by atoms with Gasteiger partial charge in [0.2, 0.25) is 0 Å². The number of alkyl halides is 1. The van der Waals surface area contributed by atoms with Crippen LogP contribution in [0.2, 0.25) is 0 Å². The Morgan fingerprint density at radius 3 is 2.68 bits per heavy atom. The fourth-order valence-corrected chi connectivity index (χ4v) is 3.07. The maximum atomic E-state index is 13.0. The lowest BCUT2D eigenvalue weighted by atomic mass is 9.89. The Morgan fingerprint density at radius 1 is 1.37 bits per heavy atom. The van der Waals surface area contributed by atoms with E-state index in [1.54, 1.807) is 13.0 Å². The van der Waals surface area contributed by atoms with Gasteiger partial charge in [0.25, 0.3) is 5.91 Å². The molecule has 0 bridgehead atoms. The molecular formula is C15H19BrFNO. The topological polar surface area (TPSA) is 29.1 Å². The van der Waals surface area contributed by atoms with Gasteiger partial charge in [-0.05, 0) is 62.3 Å². The summed E-state index contributed by atoms with van der Waals surface area (Å²) in [5.74, 6) is 0.168. The van der Waals surface area contributed by atoms with E-state index in [9.17, 15) is 9.18 Å². The second-order valence-electron chi connectivity index (χ2n) is 5.29. The molecule has 0 saturated heterocycles. The van der Waals surface area contributed by atoms with Crippen LogP contribution in [-0.4, -0.2) is 17.3 Å². The summed E-state index contributed by atoms with van der Waals surface area (Å²) >= 11 is 3.63. The van der Waals surface area contributed by atoms with Gasteiger partial charge in [0.15, 0.2) is 0 Å². The van der Waals surface area contributed by atoms with Crippen LogP contribution in [0, 0.1) is 18.7 Å². The number of rotatable bonds is 3. The molecule has 0 spiro atoms. The number of halogens is 2. The highest BCUT2D eigenvalue weighted by atomic mass is 79.9. The molecule has 0 unspecified atom stereocenters. The largest absolute Gasteiger partial charge is 0.352 e. The first-order valence-corrected chi connectivity index (χ1v) is 7.66. The molecule has 1 N–H and O–H groups in total. The van der Waals surface area contributed by atoms with Gasteiger partial charge in [0.05, 0.1) is 0 Å². The number of nitrogens with one attached hydrogen (secondary N) is 1. The number of carbonyl (C=O) groups excluding carboxylic acids is 1. The highest BCUT2D eigenvalue weighted by Crippen LogP contribution is 2.28. The van der Waals surface area contributed by atoms with Crippen LogP contribution in [0.5, 0.6) is 0 Å². The smallest absolute Gasteiger partial charge is 0.251 e. The summed E-state index contributed by atoms with van der Waals surface area (Å²) in [6.45, 7) is 2.48. The SMILES string of the molecule is Cc1cc(F)ccc1C(=O)NCC1CCC(Br)CC1. The van der Waals surface area contributed by atoms with Crippen molar-refractivity contribution < 1.29 is 9.18 Å². The zero-order valence-corrected chi connectivity index (χ0v) is 12.7. The maximum Gasteiger partial charge on any atom is 0.251 e. The number of amides is 1.